The fraction of sp³-hybridized carbons (Fsp3) is 0.364. The Balaban J connectivity index is 2.48. The topological polar surface area (TPSA) is 64.3 Å². The highest BCUT2D eigenvalue weighted by Crippen LogP contribution is 2.09. The van der Waals surface area contributed by atoms with Crippen molar-refractivity contribution < 1.29 is 9.53 Å². The third-order valence-corrected chi connectivity index (χ3v) is 2.39. The van der Waals surface area contributed by atoms with Crippen molar-refractivity contribution in [3.05, 3.63) is 34.9 Å². The van der Waals surface area contributed by atoms with Gasteiger partial charge in [0.15, 0.2) is 0 Å². The number of rotatable bonds is 6. The summed E-state index contributed by atoms with van der Waals surface area (Å²) in [6.45, 7) is 0.817. The molecular weight excluding hydrogens is 228 g/mol. The van der Waals surface area contributed by atoms with E-state index >= 15 is 0 Å². The Morgan fingerprint density at radius 2 is 2.12 bits per heavy atom. The van der Waals surface area contributed by atoms with E-state index in [-0.39, 0.29) is 6.61 Å². The van der Waals surface area contributed by atoms with E-state index in [0.717, 1.165) is 5.56 Å². The molecule has 0 spiro atoms. The largest absolute Gasteiger partial charge is 0.383 e. The van der Waals surface area contributed by atoms with E-state index in [4.69, 9.17) is 22.1 Å². The number of hydrogen-bond donors (Lipinski definition) is 2. The molecule has 1 unspecified atom stereocenters. The van der Waals surface area contributed by atoms with Gasteiger partial charge in [0.05, 0.1) is 6.61 Å². The van der Waals surface area contributed by atoms with Crippen LogP contribution in [0.2, 0.25) is 5.02 Å². The van der Waals surface area contributed by atoms with Gasteiger partial charge in [-0.15, -0.1) is 0 Å². The Kier molecular flexibility index (Phi) is 5.25. The van der Waals surface area contributed by atoms with E-state index in [1.165, 1.54) is 7.11 Å². The van der Waals surface area contributed by atoms with Crippen molar-refractivity contribution >= 4 is 17.5 Å². The predicted molar refractivity (Wildman–Crippen MR) is 63.2 cm³/mol. The van der Waals surface area contributed by atoms with Crippen molar-refractivity contribution in [3.63, 3.8) is 0 Å². The molecule has 4 nitrogen and oxygen atoms in total. The Hall–Kier alpha value is -1.10. The number of ether oxygens (including phenoxy) is 1. The zero-order valence-electron chi connectivity index (χ0n) is 9.07. The van der Waals surface area contributed by atoms with Crippen LogP contribution in [0.1, 0.15) is 5.56 Å². The monoisotopic (exact) mass is 242 g/mol. The minimum atomic E-state index is -0.472. The highest BCUT2D eigenvalue weighted by atomic mass is 35.5. The molecule has 5 heteroatoms. The molecule has 0 fully saturated rings. The van der Waals surface area contributed by atoms with Crippen molar-refractivity contribution in [2.24, 2.45) is 5.73 Å². The molecule has 0 heterocycles. The van der Waals surface area contributed by atoms with Crippen molar-refractivity contribution in [2.75, 3.05) is 13.7 Å². The van der Waals surface area contributed by atoms with Crippen LogP contribution in [0.25, 0.3) is 0 Å². The number of carbonyl (C=O) groups is 1. The molecule has 0 radical (unpaired) electrons. The van der Waals surface area contributed by atoms with E-state index in [2.05, 4.69) is 5.32 Å². The maximum absolute atomic E-state index is 11.0. The Labute approximate surface area is 99.7 Å². The second kappa shape index (κ2) is 6.48. The maximum Gasteiger partial charge on any atom is 0.236 e. The van der Waals surface area contributed by atoms with Gasteiger partial charge in [0.25, 0.3) is 0 Å². The standard InChI is InChI=1S/C11H15ClN2O2/c1-16-7-10(11(13)15)14-6-8-2-4-9(12)5-3-8/h2-5,10,14H,6-7H2,1H3,(H2,13,15). The van der Waals surface area contributed by atoms with Crippen molar-refractivity contribution in [2.45, 2.75) is 12.6 Å². The molecule has 0 aliphatic carbocycles. The van der Waals surface area contributed by atoms with Gasteiger partial charge in [0, 0.05) is 18.7 Å². The SMILES string of the molecule is COCC(NCc1ccc(Cl)cc1)C(N)=O. The van der Waals surface area contributed by atoms with Gasteiger partial charge in [-0.25, -0.2) is 0 Å². The lowest BCUT2D eigenvalue weighted by Gasteiger charge is -2.14. The molecule has 3 N–H and O–H groups in total. The van der Waals surface area contributed by atoms with Gasteiger partial charge in [0.1, 0.15) is 6.04 Å². The third-order valence-electron chi connectivity index (χ3n) is 2.14. The number of halogens is 1. The maximum atomic E-state index is 11.0. The molecule has 0 saturated heterocycles. The number of methoxy groups -OCH3 is 1. The average Bonchev–Trinajstić information content (AvgIpc) is 2.26. The highest BCUT2D eigenvalue weighted by molar-refractivity contribution is 6.30. The van der Waals surface area contributed by atoms with Crippen molar-refractivity contribution in [3.8, 4) is 0 Å². The Bertz CT molecular complexity index is 340. The van der Waals surface area contributed by atoms with Gasteiger partial charge in [-0.2, -0.15) is 0 Å². The molecule has 0 aliphatic rings. The summed E-state index contributed by atoms with van der Waals surface area (Å²) in [7, 11) is 1.53. The summed E-state index contributed by atoms with van der Waals surface area (Å²) in [6.07, 6.45) is 0. The summed E-state index contributed by atoms with van der Waals surface area (Å²) in [5.41, 5.74) is 6.24. The summed E-state index contributed by atoms with van der Waals surface area (Å²) in [6, 6.07) is 6.91. The lowest BCUT2D eigenvalue weighted by atomic mass is 10.2. The molecule has 88 valence electrons. The lowest BCUT2D eigenvalue weighted by Crippen LogP contribution is -2.44. The fourth-order valence-electron chi connectivity index (χ4n) is 1.25. The fourth-order valence-corrected chi connectivity index (χ4v) is 1.38. The first-order chi connectivity index (χ1) is 7.63. The van der Waals surface area contributed by atoms with Crippen molar-refractivity contribution in [1.29, 1.82) is 0 Å². The second-order valence-electron chi connectivity index (χ2n) is 3.42. The van der Waals surface area contributed by atoms with Crippen LogP contribution in [0.4, 0.5) is 0 Å². The van der Waals surface area contributed by atoms with Gasteiger partial charge in [-0.3, -0.25) is 10.1 Å². The van der Waals surface area contributed by atoms with Crippen LogP contribution in [0, 0.1) is 0 Å². The molecule has 0 aromatic heterocycles. The predicted octanol–water partition coefficient (Wildman–Crippen LogP) is 0.930. The second-order valence-corrected chi connectivity index (χ2v) is 3.85. The summed E-state index contributed by atoms with van der Waals surface area (Å²) < 4.78 is 4.89. The first-order valence-corrected chi connectivity index (χ1v) is 5.27. The lowest BCUT2D eigenvalue weighted by molar-refractivity contribution is -0.121. The van der Waals surface area contributed by atoms with Crippen LogP contribution >= 0.6 is 11.6 Å². The molecular formula is C11H15ClN2O2. The summed E-state index contributed by atoms with van der Waals surface area (Å²) in [5.74, 6) is -0.421. The smallest absolute Gasteiger partial charge is 0.236 e. The van der Waals surface area contributed by atoms with Gasteiger partial charge in [-0.05, 0) is 17.7 Å². The number of nitrogens with two attached hydrogens (primary N) is 1. The first kappa shape index (κ1) is 13.0. The van der Waals surface area contributed by atoms with Crippen LogP contribution in [-0.4, -0.2) is 25.7 Å². The first-order valence-electron chi connectivity index (χ1n) is 4.89. The molecule has 16 heavy (non-hydrogen) atoms. The molecule has 1 rings (SSSR count). The molecule has 0 saturated carbocycles. The van der Waals surface area contributed by atoms with Gasteiger partial charge in [-0.1, -0.05) is 23.7 Å². The van der Waals surface area contributed by atoms with Crippen LogP contribution in [0.3, 0.4) is 0 Å². The van der Waals surface area contributed by atoms with Crippen LogP contribution in [-0.2, 0) is 16.1 Å². The van der Waals surface area contributed by atoms with Gasteiger partial charge < -0.3 is 10.5 Å². The minimum Gasteiger partial charge on any atom is -0.383 e. The summed E-state index contributed by atoms with van der Waals surface area (Å²) in [4.78, 5) is 11.0. The minimum absolute atomic E-state index is 0.267. The Morgan fingerprint density at radius 1 is 1.50 bits per heavy atom. The number of amides is 1. The van der Waals surface area contributed by atoms with E-state index in [1.54, 1.807) is 12.1 Å². The number of primary amides is 1. The highest BCUT2D eigenvalue weighted by Gasteiger charge is 2.13. The number of benzene rings is 1. The Morgan fingerprint density at radius 3 is 2.62 bits per heavy atom. The van der Waals surface area contributed by atoms with Crippen LogP contribution in [0.5, 0.6) is 0 Å². The van der Waals surface area contributed by atoms with Crippen LogP contribution in [0.15, 0.2) is 24.3 Å². The van der Waals surface area contributed by atoms with E-state index < -0.39 is 11.9 Å². The molecule has 1 amide bonds. The van der Waals surface area contributed by atoms with E-state index in [0.29, 0.717) is 11.6 Å². The molecule has 1 aromatic carbocycles. The average molecular weight is 243 g/mol. The van der Waals surface area contributed by atoms with Crippen LogP contribution < -0.4 is 11.1 Å². The third kappa shape index (κ3) is 4.18. The number of hydrogen-bond acceptors (Lipinski definition) is 3. The van der Waals surface area contributed by atoms with Gasteiger partial charge >= 0.3 is 0 Å². The quantitative estimate of drug-likeness (QED) is 0.780. The number of nitrogens with one attached hydrogen (secondary N) is 1. The van der Waals surface area contributed by atoms with Crippen molar-refractivity contribution in [1.82, 2.24) is 5.32 Å². The van der Waals surface area contributed by atoms with E-state index in [1.807, 2.05) is 12.1 Å². The van der Waals surface area contributed by atoms with E-state index in [9.17, 15) is 4.79 Å². The zero-order valence-corrected chi connectivity index (χ0v) is 9.83. The van der Waals surface area contributed by atoms with Gasteiger partial charge in [0.2, 0.25) is 5.91 Å². The summed E-state index contributed by atoms with van der Waals surface area (Å²) in [5, 5.41) is 3.70. The summed E-state index contributed by atoms with van der Waals surface area (Å²) >= 11 is 5.76. The molecule has 0 bridgehead atoms. The normalized spacial score (nSPS) is 12.4. The number of carbonyl (C=O) groups excluding carboxylic acids is 1. The molecule has 0 aliphatic heterocycles. The molecule has 1 aromatic rings. The molecule has 1 atom stereocenters. The zero-order chi connectivity index (χ0) is 12.0.